The number of hydrogen-bond donors (Lipinski definition) is 1. The summed E-state index contributed by atoms with van der Waals surface area (Å²) < 4.78 is 31.4. The van der Waals surface area contributed by atoms with E-state index in [0.717, 1.165) is 5.56 Å². The van der Waals surface area contributed by atoms with Crippen LogP contribution in [0.15, 0.2) is 34.7 Å². The highest BCUT2D eigenvalue weighted by Gasteiger charge is 2.24. The largest absolute Gasteiger partial charge is 0.423 e. The lowest BCUT2D eigenvalue weighted by Crippen LogP contribution is -2.30. The van der Waals surface area contributed by atoms with Crippen LogP contribution in [0.4, 0.5) is 0 Å². The maximum Gasteiger partial charge on any atom is 0.238 e. The lowest BCUT2D eigenvalue weighted by Gasteiger charge is -2.14. The highest BCUT2D eigenvalue weighted by molar-refractivity contribution is 7.89. The smallest absolute Gasteiger partial charge is 0.238 e. The van der Waals surface area contributed by atoms with Crippen LogP contribution in [0.2, 0.25) is 0 Å². The van der Waals surface area contributed by atoms with Gasteiger partial charge in [0.2, 0.25) is 21.8 Å². The summed E-state index contributed by atoms with van der Waals surface area (Å²) in [7, 11) is -3.38. The van der Waals surface area contributed by atoms with Crippen LogP contribution in [0.1, 0.15) is 30.3 Å². The van der Waals surface area contributed by atoms with Crippen LogP contribution in [0, 0.1) is 6.92 Å². The standard InChI is InChI=1S/C12H15N3O3S/c1-3-19(16,17)15-11(10-7-5-4-6-8-10)12-14-13-9(2)18-12/h4-8,11,15H,3H2,1-2H3. The zero-order valence-corrected chi connectivity index (χ0v) is 11.5. The zero-order valence-electron chi connectivity index (χ0n) is 10.7. The summed E-state index contributed by atoms with van der Waals surface area (Å²) in [4.78, 5) is 0. The van der Waals surface area contributed by atoms with Gasteiger partial charge in [-0.3, -0.25) is 0 Å². The Morgan fingerprint density at radius 1 is 1.26 bits per heavy atom. The first-order chi connectivity index (χ1) is 9.02. The third-order valence-corrected chi connectivity index (χ3v) is 3.95. The molecule has 2 rings (SSSR count). The monoisotopic (exact) mass is 281 g/mol. The van der Waals surface area contributed by atoms with Crippen molar-refractivity contribution >= 4 is 10.0 Å². The van der Waals surface area contributed by atoms with Crippen LogP contribution < -0.4 is 4.72 Å². The highest BCUT2D eigenvalue weighted by Crippen LogP contribution is 2.21. The Balaban J connectivity index is 2.40. The molecule has 0 aliphatic carbocycles. The van der Waals surface area contributed by atoms with Gasteiger partial charge in [0.25, 0.3) is 0 Å². The molecule has 102 valence electrons. The molecule has 1 atom stereocenters. The number of nitrogens with one attached hydrogen (secondary N) is 1. The van der Waals surface area contributed by atoms with E-state index < -0.39 is 16.1 Å². The van der Waals surface area contributed by atoms with Gasteiger partial charge in [0.05, 0.1) is 5.75 Å². The third-order valence-electron chi connectivity index (χ3n) is 2.60. The number of rotatable bonds is 5. The van der Waals surface area contributed by atoms with Gasteiger partial charge in [-0.1, -0.05) is 30.3 Å². The predicted molar refractivity (Wildman–Crippen MR) is 69.9 cm³/mol. The molecule has 0 saturated heterocycles. The van der Waals surface area contributed by atoms with Crippen LogP contribution in [-0.4, -0.2) is 24.4 Å². The van der Waals surface area contributed by atoms with Crippen LogP contribution in [0.5, 0.6) is 0 Å². The van der Waals surface area contributed by atoms with Crippen molar-refractivity contribution in [3.05, 3.63) is 47.7 Å². The molecule has 0 fully saturated rings. The minimum absolute atomic E-state index is 0.0105. The molecule has 0 radical (unpaired) electrons. The molecule has 2 aromatic rings. The summed E-state index contributed by atoms with van der Waals surface area (Å²) >= 11 is 0. The summed E-state index contributed by atoms with van der Waals surface area (Å²) in [6.07, 6.45) is 0. The molecule has 0 aliphatic rings. The molecule has 0 bridgehead atoms. The second-order valence-electron chi connectivity index (χ2n) is 4.02. The van der Waals surface area contributed by atoms with E-state index in [9.17, 15) is 8.42 Å². The minimum atomic E-state index is -3.38. The number of benzene rings is 1. The van der Waals surface area contributed by atoms with E-state index in [2.05, 4.69) is 14.9 Å². The van der Waals surface area contributed by atoms with Gasteiger partial charge in [0.15, 0.2) is 0 Å². The van der Waals surface area contributed by atoms with Crippen molar-refractivity contribution in [3.63, 3.8) is 0 Å². The minimum Gasteiger partial charge on any atom is -0.423 e. The van der Waals surface area contributed by atoms with Crippen LogP contribution in [0.3, 0.4) is 0 Å². The first-order valence-corrected chi connectivity index (χ1v) is 7.52. The predicted octanol–water partition coefficient (Wildman–Crippen LogP) is 1.41. The molecule has 19 heavy (non-hydrogen) atoms. The van der Waals surface area contributed by atoms with Gasteiger partial charge in [-0.25, -0.2) is 8.42 Å². The van der Waals surface area contributed by atoms with Gasteiger partial charge in [-0.2, -0.15) is 4.72 Å². The van der Waals surface area contributed by atoms with Gasteiger partial charge in [-0.05, 0) is 12.5 Å². The number of nitrogens with zero attached hydrogens (tertiary/aromatic N) is 2. The molecule has 1 heterocycles. The summed E-state index contributed by atoms with van der Waals surface area (Å²) in [6.45, 7) is 3.23. The molecule has 1 aromatic heterocycles. The second-order valence-corrected chi connectivity index (χ2v) is 6.07. The van der Waals surface area contributed by atoms with E-state index >= 15 is 0 Å². The van der Waals surface area contributed by atoms with E-state index in [1.807, 2.05) is 30.3 Å². The third kappa shape index (κ3) is 3.39. The molecule has 6 nitrogen and oxygen atoms in total. The van der Waals surface area contributed by atoms with Crippen LogP contribution >= 0.6 is 0 Å². The lowest BCUT2D eigenvalue weighted by atomic mass is 10.1. The average Bonchev–Trinajstić information content (AvgIpc) is 2.84. The molecule has 0 amide bonds. The fraction of sp³-hybridized carbons (Fsp3) is 0.333. The number of aromatic nitrogens is 2. The van der Waals surface area contributed by atoms with E-state index in [4.69, 9.17) is 4.42 Å². The fourth-order valence-corrected chi connectivity index (χ4v) is 2.36. The Bertz CT molecular complexity index is 637. The first kappa shape index (κ1) is 13.7. The van der Waals surface area contributed by atoms with E-state index in [-0.39, 0.29) is 11.6 Å². The number of aryl methyl sites for hydroxylation is 1. The molecule has 0 aliphatic heterocycles. The maximum absolute atomic E-state index is 11.8. The van der Waals surface area contributed by atoms with Crippen molar-refractivity contribution in [2.75, 3.05) is 5.75 Å². The van der Waals surface area contributed by atoms with Crippen molar-refractivity contribution in [1.82, 2.24) is 14.9 Å². The Kier molecular flexibility index (Phi) is 3.96. The summed E-state index contributed by atoms with van der Waals surface area (Å²) in [5.41, 5.74) is 0.753. The summed E-state index contributed by atoms with van der Waals surface area (Å²) in [5.74, 6) is 0.621. The lowest BCUT2D eigenvalue weighted by molar-refractivity contribution is 0.436. The molecule has 1 N–H and O–H groups in total. The summed E-state index contributed by atoms with van der Waals surface area (Å²) in [6, 6.07) is 8.46. The molecule has 0 saturated carbocycles. The molecular formula is C12H15N3O3S. The molecule has 1 aromatic carbocycles. The van der Waals surface area contributed by atoms with Crippen LogP contribution in [0.25, 0.3) is 0 Å². The normalized spacial score (nSPS) is 13.4. The Labute approximate surface area is 111 Å². The van der Waals surface area contributed by atoms with Crippen molar-refractivity contribution < 1.29 is 12.8 Å². The van der Waals surface area contributed by atoms with Gasteiger partial charge in [-0.15, -0.1) is 10.2 Å². The highest BCUT2D eigenvalue weighted by atomic mass is 32.2. The summed E-state index contributed by atoms with van der Waals surface area (Å²) in [5, 5.41) is 7.63. The fourth-order valence-electron chi connectivity index (χ4n) is 1.60. The molecule has 1 unspecified atom stereocenters. The van der Waals surface area contributed by atoms with E-state index in [1.165, 1.54) is 0 Å². The topological polar surface area (TPSA) is 85.1 Å². The molecular weight excluding hydrogens is 266 g/mol. The van der Waals surface area contributed by atoms with Crippen molar-refractivity contribution in [2.45, 2.75) is 19.9 Å². The number of sulfonamides is 1. The van der Waals surface area contributed by atoms with Crippen molar-refractivity contribution in [1.29, 1.82) is 0 Å². The average molecular weight is 281 g/mol. The van der Waals surface area contributed by atoms with Crippen LogP contribution in [-0.2, 0) is 10.0 Å². The van der Waals surface area contributed by atoms with Crippen molar-refractivity contribution in [3.8, 4) is 0 Å². The molecule has 7 heteroatoms. The zero-order chi connectivity index (χ0) is 13.9. The van der Waals surface area contributed by atoms with Gasteiger partial charge in [0, 0.05) is 6.92 Å². The van der Waals surface area contributed by atoms with Gasteiger partial charge >= 0.3 is 0 Å². The second kappa shape index (κ2) is 5.50. The van der Waals surface area contributed by atoms with E-state index in [1.54, 1.807) is 13.8 Å². The van der Waals surface area contributed by atoms with E-state index in [0.29, 0.717) is 5.89 Å². The quantitative estimate of drug-likeness (QED) is 0.895. The maximum atomic E-state index is 11.8. The Hall–Kier alpha value is -1.73. The Morgan fingerprint density at radius 3 is 2.47 bits per heavy atom. The first-order valence-electron chi connectivity index (χ1n) is 5.87. The van der Waals surface area contributed by atoms with Gasteiger partial charge in [0.1, 0.15) is 6.04 Å². The Morgan fingerprint density at radius 2 is 1.95 bits per heavy atom. The SMILES string of the molecule is CCS(=O)(=O)NC(c1ccccc1)c1nnc(C)o1. The van der Waals surface area contributed by atoms with Gasteiger partial charge < -0.3 is 4.42 Å². The molecule has 0 spiro atoms. The van der Waals surface area contributed by atoms with Crippen molar-refractivity contribution in [2.24, 2.45) is 0 Å². The number of hydrogen-bond acceptors (Lipinski definition) is 5.